The third-order valence-electron chi connectivity index (χ3n) is 3.44. The van der Waals surface area contributed by atoms with Gasteiger partial charge in [0.05, 0.1) is 32.6 Å². The van der Waals surface area contributed by atoms with Crippen LogP contribution in [0.1, 0.15) is 0 Å². The molecular formula is C16H12N4S. The van der Waals surface area contributed by atoms with E-state index in [-0.39, 0.29) is 0 Å². The lowest BCUT2D eigenvalue weighted by Gasteiger charge is -2.11. The van der Waals surface area contributed by atoms with Crippen molar-refractivity contribution in [1.82, 2.24) is 9.97 Å². The van der Waals surface area contributed by atoms with Gasteiger partial charge in [-0.05, 0) is 42.5 Å². The Morgan fingerprint density at radius 1 is 1.00 bits per heavy atom. The smallest absolute Gasteiger partial charge is 0.0813 e. The van der Waals surface area contributed by atoms with Crippen LogP contribution < -0.4 is 11.1 Å². The second-order valence-electron chi connectivity index (χ2n) is 4.76. The van der Waals surface area contributed by atoms with Gasteiger partial charge in [-0.15, -0.1) is 11.3 Å². The average molecular weight is 292 g/mol. The summed E-state index contributed by atoms with van der Waals surface area (Å²) >= 11 is 1.63. The maximum atomic E-state index is 6.25. The number of hydrogen-bond donors (Lipinski definition) is 2. The summed E-state index contributed by atoms with van der Waals surface area (Å²) in [6.45, 7) is 0. The van der Waals surface area contributed by atoms with Gasteiger partial charge < -0.3 is 11.1 Å². The standard InChI is InChI=1S/C16H12N4S/c17-16-11-2-1-7-18-12(11)5-6-14(16)20-10-3-4-13-15(8-10)21-9-19-13/h1-9,20H,17H2. The predicted octanol–water partition coefficient (Wildman–Crippen LogP) is 4.17. The molecule has 0 spiro atoms. The third kappa shape index (κ3) is 2.08. The van der Waals surface area contributed by atoms with Crippen molar-refractivity contribution in [3.63, 3.8) is 0 Å². The minimum absolute atomic E-state index is 0.713. The van der Waals surface area contributed by atoms with Crippen molar-refractivity contribution in [3.8, 4) is 0 Å². The average Bonchev–Trinajstić information content (AvgIpc) is 2.98. The maximum absolute atomic E-state index is 6.25. The van der Waals surface area contributed by atoms with Crippen LogP contribution in [0.15, 0.2) is 54.2 Å². The van der Waals surface area contributed by atoms with Gasteiger partial charge in [-0.3, -0.25) is 4.98 Å². The van der Waals surface area contributed by atoms with Gasteiger partial charge in [0.2, 0.25) is 0 Å². The maximum Gasteiger partial charge on any atom is 0.0813 e. The summed E-state index contributed by atoms with van der Waals surface area (Å²) in [5, 5.41) is 4.33. The lowest BCUT2D eigenvalue weighted by atomic mass is 10.1. The number of fused-ring (bicyclic) bond motifs is 2. The number of hydrogen-bond acceptors (Lipinski definition) is 5. The SMILES string of the molecule is Nc1c(Nc2ccc3ncsc3c2)ccc2ncccc12. The normalized spacial score (nSPS) is 11.0. The number of nitrogens with zero attached hydrogens (tertiary/aromatic N) is 2. The Morgan fingerprint density at radius 3 is 2.86 bits per heavy atom. The predicted molar refractivity (Wildman–Crippen MR) is 89.1 cm³/mol. The van der Waals surface area contributed by atoms with Gasteiger partial charge in [0, 0.05) is 17.3 Å². The summed E-state index contributed by atoms with van der Waals surface area (Å²) in [7, 11) is 0. The number of thiazole rings is 1. The fourth-order valence-corrected chi connectivity index (χ4v) is 3.09. The Labute approximate surface area is 125 Å². The van der Waals surface area contributed by atoms with E-state index in [1.165, 1.54) is 0 Å². The van der Waals surface area contributed by atoms with Gasteiger partial charge >= 0.3 is 0 Å². The lowest BCUT2D eigenvalue weighted by Crippen LogP contribution is -1.97. The highest BCUT2D eigenvalue weighted by Crippen LogP contribution is 2.31. The zero-order valence-corrected chi connectivity index (χ0v) is 11.9. The summed E-state index contributed by atoms with van der Waals surface area (Å²) in [6.07, 6.45) is 1.77. The Morgan fingerprint density at radius 2 is 1.90 bits per heavy atom. The molecular weight excluding hydrogens is 280 g/mol. The van der Waals surface area contributed by atoms with E-state index in [0.29, 0.717) is 5.69 Å². The van der Waals surface area contributed by atoms with Crippen molar-refractivity contribution in [2.24, 2.45) is 0 Å². The molecule has 4 rings (SSSR count). The quantitative estimate of drug-likeness (QED) is 0.544. The summed E-state index contributed by atoms with van der Waals surface area (Å²) < 4.78 is 1.15. The highest BCUT2D eigenvalue weighted by atomic mass is 32.1. The molecule has 2 aromatic heterocycles. The number of anilines is 3. The van der Waals surface area contributed by atoms with Crippen molar-refractivity contribution in [1.29, 1.82) is 0 Å². The van der Waals surface area contributed by atoms with Crippen molar-refractivity contribution in [2.45, 2.75) is 0 Å². The third-order valence-corrected chi connectivity index (χ3v) is 4.23. The second kappa shape index (κ2) is 4.71. The van der Waals surface area contributed by atoms with Crippen molar-refractivity contribution < 1.29 is 0 Å². The van der Waals surface area contributed by atoms with E-state index in [2.05, 4.69) is 21.4 Å². The van der Waals surface area contributed by atoms with Crippen LogP contribution in [-0.2, 0) is 0 Å². The van der Waals surface area contributed by atoms with E-state index in [1.807, 2.05) is 41.9 Å². The van der Waals surface area contributed by atoms with Crippen molar-refractivity contribution in [2.75, 3.05) is 11.1 Å². The first-order valence-corrected chi connectivity index (χ1v) is 7.43. The van der Waals surface area contributed by atoms with Gasteiger partial charge in [-0.25, -0.2) is 4.98 Å². The first-order valence-electron chi connectivity index (χ1n) is 6.55. The van der Waals surface area contributed by atoms with Crippen molar-refractivity contribution >= 4 is 49.5 Å². The molecule has 102 valence electrons. The summed E-state index contributed by atoms with van der Waals surface area (Å²) in [5.74, 6) is 0. The van der Waals surface area contributed by atoms with Crippen LogP contribution >= 0.6 is 11.3 Å². The summed E-state index contributed by atoms with van der Waals surface area (Å²) in [4.78, 5) is 8.59. The minimum Gasteiger partial charge on any atom is -0.396 e. The molecule has 2 heterocycles. The number of nitrogen functional groups attached to an aromatic ring is 1. The van der Waals surface area contributed by atoms with Gasteiger partial charge in [-0.2, -0.15) is 0 Å². The van der Waals surface area contributed by atoms with Crippen LogP contribution in [0.3, 0.4) is 0 Å². The van der Waals surface area contributed by atoms with Crippen LogP contribution in [0.5, 0.6) is 0 Å². The monoisotopic (exact) mass is 292 g/mol. The van der Waals surface area contributed by atoms with Crippen LogP contribution in [0.4, 0.5) is 17.1 Å². The Bertz CT molecular complexity index is 945. The molecule has 0 aliphatic carbocycles. The number of pyridine rings is 1. The molecule has 21 heavy (non-hydrogen) atoms. The highest BCUT2D eigenvalue weighted by Gasteiger charge is 2.06. The molecule has 0 bridgehead atoms. The minimum atomic E-state index is 0.713. The molecule has 0 saturated heterocycles. The van der Waals surface area contributed by atoms with E-state index < -0.39 is 0 Å². The van der Waals surface area contributed by atoms with E-state index in [9.17, 15) is 0 Å². The van der Waals surface area contributed by atoms with E-state index in [4.69, 9.17) is 5.73 Å². The Hall–Kier alpha value is -2.66. The van der Waals surface area contributed by atoms with Gasteiger partial charge in [0.15, 0.2) is 0 Å². The fourth-order valence-electron chi connectivity index (χ4n) is 2.37. The van der Waals surface area contributed by atoms with Crippen LogP contribution in [-0.4, -0.2) is 9.97 Å². The zero-order chi connectivity index (χ0) is 14.2. The molecule has 0 unspecified atom stereocenters. The van der Waals surface area contributed by atoms with Gasteiger partial charge in [-0.1, -0.05) is 0 Å². The lowest BCUT2D eigenvalue weighted by molar-refractivity contribution is 1.41. The molecule has 0 amide bonds. The summed E-state index contributed by atoms with van der Waals surface area (Å²) in [5.41, 5.74) is 12.6. The molecule has 0 atom stereocenters. The first-order chi connectivity index (χ1) is 10.3. The van der Waals surface area contributed by atoms with E-state index in [1.54, 1.807) is 17.5 Å². The molecule has 4 nitrogen and oxygen atoms in total. The van der Waals surface area contributed by atoms with Gasteiger partial charge in [0.25, 0.3) is 0 Å². The molecule has 0 radical (unpaired) electrons. The zero-order valence-electron chi connectivity index (χ0n) is 11.1. The largest absolute Gasteiger partial charge is 0.396 e. The molecule has 0 saturated carbocycles. The first kappa shape index (κ1) is 12.1. The molecule has 5 heteroatoms. The topological polar surface area (TPSA) is 63.8 Å². The number of nitrogens with one attached hydrogen (secondary N) is 1. The van der Waals surface area contributed by atoms with Crippen LogP contribution in [0.25, 0.3) is 21.1 Å². The molecule has 2 aromatic carbocycles. The highest BCUT2D eigenvalue weighted by molar-refractivity contribution is 7.16. The Balaban J connectivity index is 1.77. The Kier molecular flexibility index (Phi) is 2.72. The number of nitrogens with two attached hydrogens (primary N) is 1. The molecule has 0 fully saturated rings. The number of rotatable bonds is 2. The van der Waals surface area contributed by atoms with E-state index in [0.717, 1.165) is 32.5 Å². The second-order valence-corrected chi connectivity index (χ2v) is 5.64. The number of aromatic nitrogens is 2. The molecule has 3 N–H and O–H groups in total. The van der Waals surface area contributed by atoms with Gasteiger partial charge in [0.1, 0.15) is 0 Å². The van der Waals surface area contributed by atoms with E-state index >= 15 is 0 Å². The molecule has 4 aromatic rings. The summed E-state index contributed by atoms with van der Waals surface area (Å²) in [6, 6.07) is 13.9. The van der Waals surface area contributed by atoms with Crippen LogP contribution in [0, 0.1) is 0 Å². The van der Waals surface area contributed by atoms with Crippen LogP contribution in [0.2, 0.25) is 0 Å². The number of benzene rings is 2. The molecule has 0 aliphatic heterocycles. The fraction of sp³-hybridized carbons (Fsp3) is 0. The molecule has 0 aliphatic rings. The van der Waals surface area contributed by atoms with Crippen molar-refractivity contribution in [3.05, 3.63) is 54.2 Å².